The van der Waals surface area contributed by atoms with Crippen molar-refractivity contribution in [1.82, 2.24) is 9.62 Å². The van der Waals surface area contributed by atoms with E-state index < -0.39 is 19.9 Å². The van der Waals surface area contributed by atoms with Crippen LogP contribution in [0.3, 0.4) is 0 Å². The number of hydrogen-bond acceptors (Lipinski definition) is 6. The normalized spacial score (nSPS) is 20.6. The fourth-order valence-corrected chi connectivity index (χ4v) is 6.30. The van der Waals surface area contributed by atoms with E-state index in [1.807, 2.05) is 0 Å². The highest BCUT2D eigenvalue weighted by Crippen LogP contribution is 2.25. The third-order valence-electron chi connectivity index (χ3n) is 3.12. The minimum atomic E-state index is -3.57. The molecule has 0 spiro atoms. The maximum Gasteiger partial charge on any atom is 0.252 e. The zero-order valence-electron chi connectivity index (χ0n) is 11.2. The first-order valence-corrected chi connectivity index (χ1v) is 10.4. The molecular formula is C11H18N2O4S3. The monoisotopic (exact) mass is 338 g/mol. The van der Waals surface area contributed by atoms with Crippen LogP contribution in [0.2, 0.25) is 0 Å². The van der Waals surface area contributed by atoms with Gasteiger partial charge in [-0.1, -0.05) is 0 Å². The molecule has 0 bridgehead atoms. The van der Waals surface area contributed by atoms with Crippen molar-refractivity contribution in [2.75, 3.05) is 31.6 Å². The molecule has 1 aromatic heterocycles. The molecule has 1 aliphatic rings. The van der Waals surface area contributed by atoms with Gasteiger partial charge in [-0.2, -0.15) is 4.31 Å². The molecule has 0 unspecified atom stereocenters. The Morgan fingerprint density at radius 1 is 1.35 bits per heavy atom. The molecule has 20 heavy (non-hydrogen) atoms. The minimum Gasteiger partial charge on any atom is -0.316 e. The molecule has 1 saturated heterocycles. The van der Waals surface area contributed by atoms with Gasteiger partial charge in [-0.05, 0) is 30.5 Å². The van der Waals surface area contributed by atoms with Crippen LogP contribution in [0.5, 0.6) is 0 Å². The summed E-state index contributed by atoms with van der Waals surface area (Å²) in [6.45, 7) is 0.922. The van der Waals surface area contributed by atoms with Crippen molar-refractivity contribution in [2.24, 2.45) is 0 Å². The molecule has 2 heterocycles. The summed E-state index contributed by atoms with van der Waals surface area (Å²) in [6, 6.07) is 1.65. The van der Waals surface area contributed by atoms with Crippen LogP contribution in [0, 0.1) is 0 Å². The minimum absolute atomic E-state index is 0.0456. The van der Waals surface area contributed by atoms with Crippen molar-refractivity contribution in [3.05, 3.63) is 17.0 Å². The quantitative estimate of drug-likeness (QED) is 0.852. The number of sulfonamides is 1. The average molecular weight is 338 g/mol. The molecule has 1 aliphatic heterocycles. The Labute approximate surface area is 123 Å². The molecule has 0 aromatic carbocycles. The average Bonchev–Trinajstić information content (AvgIpc) is 2.75. The van der Waals surface area contributed by atoms with Gasteiger partial charge in [0, 0.05) is 19.6 Å². The summed E-state index contributed by atoms with van der Waals surface area (Å²) in [6.07, 6.45) is 0.357. The third kappa shape index (κ3) is 3.59. The molecule has 1 aromatic rings. The van der Waals surface area contributed by atoms with Crippen LogP contribution in [0.25, 0.3) is 0 Å². The number of rotatable bonds is 4. The Morgan fingerprint density at radius 2 is 2.10 bits per heavy atom. The van der Waals surface area contributed by atoms with Gasteiger partial charge in [-0.3, -0.25) is 0 Å². The Bertz CT molecular complexity index is 664. The third-order valence-corrected chi connectivity index (χ3v) is 8.20. The number of nitrogens with one attached hydrogen (secondary N) is 1. The second kappa shape index (κ2) is 6.10. The Hall–Kier alpha value is -0.480. The predicted molar refractivity (Wildman–Crippen MR) is 79.1 cm³/mol. The maximum atomic E-state index is 12.5. The SMILES string of the molecule is CNCc1csc(S(=O)(=O)N2CCCS(=O)(=O)CC2)c1. The molecule has 0 aliphatic carbocycles. The van der Waals surface area contributed by atoms with Gasteiger partial charge in [-0.15, -0.1) is 11.3 Å². The summed E-state index contributed by atoms with van der Waals surface area (Å²) in [5.41, 5.74) is 0.915. The van der Waals surface area contributed by atoms with Gasteiger partial charge in [-0.25, -0.2) is 16.8 Å². The van der Waals surface area contributed by atoms with Crippen molar-refractivity contribution in [2.45, 2.75) is 17.2 Å². The van der Waals surface area contributed by atoms with E-state index in [1.54, 1.807) is 18.5 Å². The summed E-state index contributed by atoms with van der Waals surface area (Å²) >= 11 is 1.18. The van der Waals surface area contributed by atoms with Crippen molar-refractivity contribution in [1.29, 1.82) is 0 Å². The molecule has 2 rings (SSSR count). The van der Waals surface area contributed by atoms with E-state index in [0.29, 0.717) is 13.0 Å². The second-order valence-electron chi connectivity index (χ2n) is 4.71. The van der Waals surface area contributed by atoms with E-state index in [4.69, 9.17) is 0 Å². The molecular weight excluding hydrogens is 320 g/mol. The van der Waals surface area contributed by atoms with Crippen molar-refractivity contribution < 1.29 is 16.8 Å². The first kappa shape index (κ1) is 15.9. The van der Waals surface area contributed by atoms with E-state index in [-0.39, 0.29) is 28.8 Å². The van der Waals surface area contributed by atoms with Crippen LogP contribution >= 0.6 is 11.3 Å². The number of nitrogens with zero attached hydrogens (tertiary/aromatic N) is 1. The van der Waals surface area contributed by atoms with Crippen LogP contribution < -0.4 is 5.32 Å². The van der Waals surface area contributed by atoms with Gasteiger partial charge in [0.25, 0.3) is 10.0 Å². The Morgan fingerprint density at radius 3 is 2.80 bits per heavy atom. The van der Waals surface area contributed by atoms with E-state index in [2.05, 4.69) is 5.32 Å². The van der Waals surface area contributed by atoms with Crippen LogP contribution in [0.4, 0.5) is 0 Å². The van der Waals surface area contributed by atoms with Crippen molar-refractivity contribution in [3.8, 4) is 0 Å². The van der Waals surface area contributed by atoms with Crippen LogP contribution in [-0.2, 0) is 26.4 Å². The van der Waals surface area contributed by atoms with Crippen LogP contribution in [-0.4, -0.2) is 52.8 Å². The molecule has 0 radical (unpaired) electrons. The lowest BCUT2D eigenvalue weighted by Gasteiger charge is -2.18. The number of sulfone groups is 1. The second-order valence-corrected chi connectivity index (χ2v) is 10.1. The fourth-order valence-electron chi connectivity index (χ4n) is 2.07. The van der Waals surface area contributed by atoms with Gasteiger partial charge in [0.05, 0.1) is 11.5 Å². The fraction of sp³-hybridized carbons (Fsp3) is 0.636. The smallest absolute Gasteiger partial charge is 0.252 e. The molecule has 0 amide bonds. The van der Waals surface area contributed by atoms with Crippen molar-refractivity contribution >= 4 is 31.2 Å². The van der Waals surface area contributed by atoms with Gasteiger partial charge in [0.15, 0.2) is 9.84 Å². The molecule has 114 valence electrons. The maximum absolute atomic E-state index is 12.5. The summed E-state index contributed by atoms with van der Waals surface area (Å²) < 4.78 is 49.6. The lowest BCUT2D eigenvalue weighted by Crippen LogP contribution is -2.33. The standard InChI is InChI=1S/C11H18N2O4S3/c1-12-8-10-7-11(18-9-10)20(16,17)13-3-2-5-19(14,15)6-4-13/h7,9,12H,2-6,8H2,1H3. The van der Waals surface area contributed by atoms with E-state index in [0.717, 1.165) is 5.56 Å². The summed E-state index contributed by atoms with van der Waals surface area (Å²) in [7, 11) is -4.89. The van der Waals surface area contributed by atoms with E-state index in [1.165, 1.54) is 15.6 Å². The zero-order chi connectivity index (χ0) is 14.8. The van der Waals surface area contributed by atoms with E-state index in [9.17, 15) is 16.8 Å². The van der Waals surface area contributed by atoms with Gasteiger partial charge < -0.3 is 5.32 Å². The molecule has 1 fully saturated rings. The van der Waals surface area contributed by atoms with Gasteiger partial charge >= 0.3 is 0 Å². The topological polar surface area (TPSA) is 83.6 Å². The molecule has 0 atom stereocenters. The highest BCUT2D eigenvalue weighted by molar-refractivity contribution is 7.92. The number of thiophene rings is 1. The summed E-state index contributed by atoms with van der Waals surface area (Å²) in [5, 5.41) is 4.77. The molecule has 9 heteroatoms. The lowest BCUT2D eigenvalue weighted by atomic mass is 10.3. The zero-order valence-corrected chi connectivity index (χ0v) is 13.7. The molecule has 6 nitrogen and oxygen atoms in total. The van der Waals surface area contributed by atoms with Gasteiger partial charge in [0.2, 0.25) is 0 Å². The highest BCUT2D eigenvalue weighted by atomic mass is 32.2. The molecule has 1 N–H and O–H groups in total. The van der Waals surface area contributed by atoms with Crippen LogP contribution in [0.1, 0.15) is 12.0 Å². The predicted octanol–water partition coefficient (Wildman–Crippen LogP) is 0.277. The van der Waals surface area contributed by atoms with Crippen LogP contribution in [0.15, 0.2) is 15.7 Å². The number of hydrogen-bond donors (Lipinski definition) is 1. The van der Waals surface area contributed by atoms with E-state index >= 15 is 0 Å². The van der Waals surface area contributed by atoms with Gasteiger partial charge in [0.1, 0.15) is 4.21 Å². The van der Waals surface area contributed by atoms with Crippen molar-refractivity contribution in [3.63, 3.8) is 0 Å². The Balaban J connectivity index is 2.20. The Kier molecular flexibility index (Phi) is 4.85. The largest absolute Gasteiger partial charge is 0.316 e. The first-order valence-electron chi connectivity index (χ1n) is 6.28. The summed E-state index contributed by atoms with van der Waals surface area (Å²) in [5.74, 6) is -0.0323. The summed E-state index contributed by atoms with van der Waals surface area (Å²) in [4.78, 5) is 0. The molecule has 0 saturated carbocycles. The highest BCUT2D eigenvalue weighted by Gasteiger charge is 2.29. The first-order chi connectivity index (χ1) is 9.35. The lowest BCUT2D eigenvalue weighted by molar-refractivity contribution is 0.436.